The van der Waals surface area contributed by atoms with E-state index in [0.717, 1.165) is 11.3 Å². The predicted molar refractivity (Wildman–Crippen MR) is 122 cm³/mol. The van der Waals surface area contributed by atoms with E-state index in [2.05, 4.69) is 25.4 Å². The molecule has 19 heteroatoms. The van der Waals surface area contributed by atoms with Gasteiger partial charge < -0.3 is 30.4 Å². The second-order valence-corrected chi connectivity index (χ2v) is 10.2. The maximum absolute atomic E-state index is 12.4. The molecule has 3 atom stereocenters. The van der Waals surface area contributed by atoms with Crippen LogP contribution < -0.4 is 11.1 Å². The number of oxime groups is 2. The Morgan fingerprint density at radius 1 is 1.39 bits per heavy atom. The van der Waals surface area contributed by atoms with Crippen LogP contribution >= 0.6 is 11.3 Å². The number of aliphatic hydroxyl groups excluding tert-OH is 1. The molecule has 1 fully saturated rings. The van der Waals surface area contributed by atoms with Crippen LogP contribution in [-0.4, -0.2) is 99.4 Å². The van der Waals surface area contributed by atoms with Gasteiger partial charge in [-0.25, -0.2) is 18.9 Å². The largest absolute Gasteiger partial charge is 0.477 e. The first-order chi connectivity index (χ1) is 16.6. The molecule has 3 unspecified atom stereocenters. The number of carbonyl (C=O) groups is 3. The van der Waals surface area contributed by atoms with Gasteiger partial charge in [-0.05, 0) is 20.8 Å². The van der Waals surface area contributed by atoms with Gasteiger partial charge in [0.25, 0.3) is 5.91 Å². The first kappa shape index (κ1) is 28.8. The Morgan fingerprint density at radius 3 is 2.58 bits per heavy atom. The number of nitrogens with one attached hydrogen (secondary N) is 1. The van der Waals surface area contributed by atoms with Gasteiger partial charge in [0, 0.05) is 5.38 Å². The summed E-state index contributed by atoms with van der Waals surface area (Å²) in [6.07, 6.45) is -1.46. The van der Waals surface area contributed by atoms with E-state index in [0.29, 0.717) is 6.21 Å². The van der Waals surface area contributed by atoms with Gasteiger partial charge in [0.2, 0.25) is 6.61 Å². The summed E-state index contributed by atoms with van der Waals surface area (Å²) in [5.41, 5.74) is 4.51. The monoisotopic (exact) mass is 552 g/mol. The van der Waals surface area contributed by atoms with Crippen molar-refractivity contribution >= 4 is 56.5 Å². The van der Waals surface area contributed by atoms with Gasteiger partial charge >= 0.3 is 22.2 Å². The number of hydrogen-bond acceptors (Lipinski definition) is 15. The number of aliphatic carboxylic acids is 1. The molecule has 0 aromatic carbocycles. The highest BCUT2D eigenvalue weighted by atomic mass is 32.2. The molecule has 1 aliphatic rings. The number of aromatic nitrogens is 1. The van der Waals surface area contributed by atoms with Gasteiger partial charge in [0.15, 0.2) is 17.6 Å². The summed E-state index contributed by atoms with van der Waals surface area (Å²) in [4.78, 5) is 48.3. The summed E-state index contributed by atoms with van der Waals surface area (Å²) in [5, 5.41) is 29.8. The number of carboxylic acid groups (broad SMARTS) is 1. The van der Waals surface area contributed by atoms with Gasteiger partial charge in [0.1, 0.15) is 35.7 Å². The van der Waals surface area contributed by atoms with Crippen molar-refractivity contribution in [3.63, 3.8) is 0 Å². The molecule has 1 aromatic rings. The zero-order valence-corrected chi connectivity index (χ0v) is 20.7. The third-order valence-electron chi connectivity index (χ3n) is 4.05. The standard InChI is InChI=1S/C17H24N6O11S2/c1-17(2,3)34-11(26)6-33-22-12(8-7-35-16(18)20-8)14(27)21-13-9(5-32-19-4-10(24)25)23(15(13)28)36(29,30)31/h4,7,9,13-14,21,27H,5-6H2,1-3H3,(H2,18,20)(H,24,25)(H,29,30,31)/b19-4+,22-12+. The van der Waals surface area contributed by atoms with E-state index in [-0.39, 0.29) is 20.8 Å². The molecule has 0 aliphatic carbocycles. The van der Waals surface area contributed by atoms with Crippen LogP contribution in [0.1, 0.15) is 26.5 Å². The summed E-state index contributed by atoms with van der Waals surface area (Å²) in [5.74, 6) is -3.38. The number of nitrogen functional groups attached to an aromatic ring is 1. The van der Waals surface area contributed by atoms with Crippen LogP contribution in [-0.2, 0) is 39.1 Å². The first-order valence-electron chi connectivity index (χ1n) is 9.86. The molecule has 1 aliphatic heterocycles. The molecular weight excluding hydrogens is 528 g/mol. The number of anilines is 1. The number of carbonyl (C=O) groups excluding carboxylic acids is 2. The molecule has 36 heavy (non-hydrogen) atoms. The number of nitrogens with two attached hydrogens (primary N) is 1. The second kappa shape index (κ2) is 11.6. The molecule has 0 spiro atoms. The number of β-lactam (4-membered cyclic amide) rings is 1. The number of amides is 1. The molecule has 2 heterocycles. The summed E-state index contributed by atoms with van der Waals surface area (Å²) < 4.78 is 37.5. The lowest BCUT2D eigenvalue weighted by Crippen LogP contribution is -2.74. The van der Waals surface area contributed by atoms with Crippen molar-refractivity contribution < 1.29 is 52.0 Å². The van der Waals surface area contributed by atoms with Crippen molar-refractivity contribution in [3.05, 3.63) is 11.1 Å². The topological polar surface area (TPSA) is 253 Å². The molecule has 0 bridgehead atoms. The highest BCUT2D eigenvalue weighted by Gasteiger charge is 2.54. The fourth-order valence-electron chi connectivity index (χ4n) is 2.77. The fraction of sp³-hybridized carbons (Fsp3) is 0.529. The second-order valence-electron chi connectivity index (χ2n) is 8.00. The van der Waals surface area contributed by atoms with Crippen molar-refractivity contribution in [1.29, 1.82) is 0 Å². The van der Waals surface area contributed by atoms with E-state index in [9.17, 15) is 32.5 Å². The lowest BCUT2D eigenvalue weighted by Gasteiger charge is -2.44. The van der Waals surface area contributed by atoms with Crippen LogP contribution in [0.25, 0.3) is 0 Å². The van der Waals surface area contributed by atoms with E-state index in [1.54, 1.807) is 20.8 Å². The molecule has 1 amide bonds. The molecule has 0 saturated carbocycles. The maximum Gasteiger partial charge on any atom is 0.362 e. The van der Waals surface area contributed by atoms with Gasteiger partial charge in [-0.2, -0.15) is 8.42 Å². The SMILES string of the molecule is CC(C)(C)OC(=O)CO/N=C(\c1csc(N)n1)C(O)NC1C(=O)N(S(=O)(=O)O)C1CO/N=C/C(=O)O. The van der Waals surface area contributed by atoms with Crippen LogP contribution in [0.2, 0.25) is 0 Å². The average Bonchev–Trinajstić information content (AvgIpc) is 3.14. The number of hydrogen-bond donors (Lipinski definition) is 5. The third kappa shape index (κ3) is 8.09. The molecule has 200 valence electrons. The van der Waals surface area contributed by atoms with E-state index < -0.39 is 65.3 Å². The number of rotatable bonds is 12. The number of carboxylic acids is 1. The summed E-state index contributed by atoms with van der Waals surface area (Å²) in [6.45, 7) is 3.62. The zero-order valence-electron chi connectivity index (χ0n) is 19.1. The highest BCUT2D eigenvalue weighted by molar-refractivity contribution is 7.84. The quantitative estimate of drug-likeness (QED) is 0.0477. The van der Waals surface area contributed by atoms with Crippen molar-refractivity contribution in [3.8, 4) is 0 Å². The van der Waals surface area contributed by atoms with Crippen molar-refractivity contribution in [2.75, 3.05) is 18.9 Å². The zero-order chi connectivity index (χ0) is 27.3. The molecule has 0 radical (unpaired) electrons. The lowest BCUT2D eigenvalue weighted by molar-refractivity contribution is -0.160. The molecular formula is C17H24N6O11S2. The summed E-state index contributed by atoms with van der Waals surface area (Å²) in [7, 11) is -5.01. The van der Waals surface area contributed by atoms with Crippen molar-refractivity contribution in [2.24, 2.45) is 10.3 Å². The normalized spacial score (nSPS) is 19.6. The van der Waals surface area contributed by atoms with Gasteiger partial charge in [-0.3, -0.25) is 14.7 Å². The fourth-order valence-corrected chi connectivity index (χ4v) is 4.19. The first-order valence-corrected chi connectivity index (χ1v) is 12.1. The Kier molecular flexibility index (Phi) is 9.26. The van der Waals surface area contributed by atoms with Crippen LogP contribution in [0.5, 0.6) is 0 Å². The summed E-state index contributed by atoms with van der Waals surface area (Å²) >= 11 is 0.986. The van der Waals surface area contributed by atoms with E-state index in [4.69, 9.17) is 20.4 Å². The smallest absolute Gasteiger partial charge is 0.362 e. The summed E-state index contributed by atoms with van der Waals surface area (Å²) in [6, 6.07) is -2.90. The van der Waals surface area contributed by atoms with Crippen LogP contribution in [0.4, 0.5) is 5.13 Å². The minimum absolute atomic E-state index is 0.0129. The van der Waals surface area contributed by atoms with Crippen LogP contribution in [0, 0.1) is 0 Å². The third-order valence-corrected chi connectivity index (χ3v) is 5.67. The Morgan fingerprint density at radius 2 is 2.06 bits per heavy atom. The van der Waals surface area contributed by atoms with Crippen LogP contribution in [0.3, 0.4) is 0 Å². The van der Waals surface area contributed by atoms with Gasteiger partial charge in [-0.15, -0.1) is 11.3 Å². The predicted octanol–water partition coefficient (Wildman–Crippen LogP) is -1.84. The Hall–Kier alpha value is -3.39. The van der Waals surface area contributed by atoms with Gasteiger partial charge in [0.05, 0.1) is 0 Å². The van der Waals surface area contributed by atoms with Crippen molar-refractivity contribution in [1.82, 2.24) is 14.6 Å². The lowest BCUT2D eigenvalue weighted by atomic mass is 9.99. The number of aliphatic hydroxyl groups is 1. The van der Waals surface area contributed by atoms with Crippen molar-refractivity contribution in [2.45, 2.75) is 44.7 Å². The molecule has 1 saturated heterocycles. The molecule has 6 N–H and O–H groups in total. The number of esters is 1. The van der Waals surface area contributed by atoms with E-state index in [1.807, 2.05) is 0 Å². The van der Waals surface area contributed by atoms with Crippen LogP contribution in [0.15, 0.2) is 15.7 Å². The van der Waals surface area contributed by atoms with E-state index in [1.165, 1.54) is 5.38 Å². The van der Waals surface area contributed by atoms with Gasteiger partial charge in [-0.1, -0.05) is 10.3 Å². The number of thiazole rings is 1. The maximum atomic E-state index is 12.4. The Balaban J connectivity index is 2.20. The number of nitrogens with zero attached hydrogens (tertiary/aromatic N) is 4. The van der Waals surface area contributed by atoms with E-state index >= 15 is 0 Å². The molecule has 17 nitrogen and oxygen atoms in total. The number of ether oxygens (including phenoxy) is 1. The molecule has 2 rings (SSSR count). The average molecular weight is 553 g/mol. The minimum Gasteiger partial charge on any atom is -0.477 e. The Labute approximate surface area is 208 Å². The minimum atomic E-state index is -5.01. The highest BCUT2D eigenvalue weighted by Crippen LogP contribution is 2.25. The Bertz CT molecular complexity index is 1140. The molecule has 1 aromatic heterocycles.